The van der Waals surface area contributed by atoms with Crippen molar-refractivity contribution in [3.8, 4) is 5.75 Å². The number of sulfonamides is 1. The second-order valence-electron chi connectivity index (χ2n) is 5.09. The highest BCUT2D eigenvalue weighted by atomic mass is 32.2. The molecule has 1 rings (SSSR count). The molecule has 0 bridgehead atoms. The zero-order chi connectivity index (χ0) is 15.9. The van der Waals surface area contributed by atoms with Gasteiger partial charge in [-0.1, -0.05) is 13.8 Å². The topological polar surface area (TPSA) is 67.4 Å². The van der Waals surface area contributed by atoms with Crippen molar-refractivity contribution < 1.29 is 17.5 Å². The third-order valence-electron chi connectivity index (χ3n) is 2.82. The van der Waals surface area contributed by atoms with E-state index in [1.807, 2.05) is 13.8 Å². The molecule has 0 saturated carbocycles. The van der Waals surface area contributed by atoms with Gasteiger partial charge in [0.1, 0.15) is 0 Å². The van der Waals surface area contributed by atoms with E-state index in [1.165, 1.54) is 25.3 Å². The molecule has 0 saturated heterocycles. The summed E-state index contributed by atoms with van der Waals surface area (Å²) in [5.74, 6) is -0.483. The normalized spacial score (nSPS) is 11.7. The first-order chi connectivity index (χ1) is 9.84. The maximum Gasteiger partial charge on any atom is 0.232 e. The van der Waals surface area contributed by atoms with Gasteiger partial charge in [-0.2, -0.15) is 0 Å². The predicted molar refractivity (Wildman–Crippen MR) is 82.7 cm³/mol. The van der Waals surface area contributed by atoms with Crippen LogP contribution in [0, 0.1) is 5.82 Å². The zero-order valence-corrected chi connectivity index (χ0v) is 13.5. The van der Waals surface area contributed by atoms with E-state index in [0.717, 1.165) is 13.0 Å². The van der Waals surface area contributed by atoms with Crippen molar-refractivity contribution >= 4 is 15.7 Å². The van der Waals surface area contributed by atoms with Crippen LogP contribution in [-0.4, -0.2) is 33.9 Å². The van der Waals surface area contributed by atoms with E-state index in [9.17, 15) is 12.8 Å². The minimum absolute atomic E-state index is 0.0105. The van der Waals surface area contributed by atoms with E-state index in [4.69, 9.17) is 4.74 Å². The van der Waals surface area contributed by atoms with E-state index in [1.54, 1.807) is 0 Å². The number of rotatable bonds is 9. The standard InChI is InChI=1S/C14H23FN2O3S/c1-11(2)16-8-4-5-9-21(18,19)17-12-6-7-13(15)14(10-12)20-3/h6-7,10-11,16-17H,4-5,8-9H2,1-3H3. The number of hydrogen-bond acceptors (Lipinski definition) is 4. The van der Waals surface area contributed by atoms with Crippen LogP contribution >= 0.6 is 0 Å². The number of methoxy groups -OCH3 is 1. The van der Waals surface area contributed by atoms with Crippen molar-refractivity contribution in [2.24, 2.45) is 0 Å². The number of unbranched alkanes of at least 4 members (excludes halogenated alkanes) is 1. The SMILES string of the molecule is COc1cc(NS(=O)(=O)CCCCNC(C)C)ccc1F. The van der Waals surface area contributed by atoms with Gasteiger partial charge < -0.3 is 10.1 Å². The Kier molecular flexibility index (Phi) is 6.91. The monoisotopic (exact) mass is 318 g/mol. The molecule has 0 unspecified atom stereocenters. The number of ether oxygens (including phenoxy) is 1. The molecule has 7 heteroatoms. The number of benzene rings is 1. The molecule has 0 amide bonds. The molecule has 0 fully saturated rings. The molecule has 0 aromatic heterocycles. The Balaban J connectivity index is 2.49. The van der Waals surface area contributed by atoms with Crippen LogP contribution in [0.3, 0.4) is 0 Å². The molecule has 2 N–H and O–H groups in total. The molecule has 5 nitrogen and oxygen atoms in total. The molecule has 0 atom stereocenters. The Bertz CT molecular complexity index is 547. The van der Waals surface area contributed by atoms with E-state index >= 15 is 0 Å². The molecule has 0 aliphatic carbocycles. The van der Waals surface area contributed by atoms with E-state index < -0.39 is 15.8 Å². The van der Waals surface area contributed by atoms with Crippen molar-refractivity contribution in [3.05, 3.63) is 24.0 Å². The third kappa shape index (κ3) is 6.77. The van der Waals surface area contributed by atoms with Gasteiger partial charge in [0.05, 0.1) is 18.6 Å². The van der Waals surface area contributed by atoms with Gasteiger partial charge in [-0.25, -0.2) is 12.8 Å². The Morgan fingerprint density at radius 1 is 1.29 bits per heavy atom. The highest BCUT2D eigenvalue weighted by Gasteiger charge is 2.12. The first-order valence-electron chi connectivity index (χ1n) is 6.91. The van der Waals surface area contributed by atoms with Crippen LogP contribution in [0.15, 0.2) is 18.2 Å². The minimum Gasteiger partial charge on any atom is -0.494 e. The van der Waals surface area contributed by atoms with Gasteiger partial charge in [0.15, 0.2) is 11.6 Å². The highest BCUT2D eigenvalue weighted by molar-refractivity contribution is 7.92. The summed E-state index contributed by atoms with van der Waals surface area (Å²) in [4.78, 5) is 0. The number of hydrogen-bond donors (Lipinski definition) is 2. The van der Waals surface area contributed by atoms with Crippen LogP contribution in [0.1, 0.15) is 26.7 Å². The maximum atomic E-state index is 13.2. The summed E-state index contributed by atoms with van der Waals surface area (Å²) < 4.78 is 44.3. The first kappa shape index (κ1) is 17.7. The molecular formula is C14H23FN2O3S. The van der Waals surface area contributed by atoms with Crippen molar-refractivity contribution in [2.45, 2.75) is 32.7 Å². The Morgan fingerprint density at radius 3 is 2.62 bits per heavy atom. The first-order valence-corrected chi connectivity index (χ1v) is 8.56. The fourth-order valence-corrected chi connectivity index (χ4v) is 2.93. The van der Waals surface area contributed by atoms with Gasteiger partial charge in [-0.05, 0) is 31.5 Å². The van der Waals surface area contributed by atoms with Crippen molar-refractivity contribution in [1.29, 1.82) is 0 Å². The van der Waals surface area contributed by atoms with Crippen LogP contribution in [0.5, 0.6) is 5.75 Å². The van der Waals surface area contributed by atoms with Crippen LogP contribution in [0.2, 0.25) is 0 Å². The average molecular weight is 318 g/mol. The van der Waals surface area contributed by atoms with Gasteiger partial charge in [-0.3, -0.25) is 4.72 Å². The van der Waals surface area contributed by atoms with Crippen molar-refractivity contribution in [2.75, 3.05) is 24.1 Å². The molecule has 1 aromatic carbocycles. The highest BCUT2D eigenvalue weighted by Crippen LogP contribution is 2.22. The summed E-state index contributed by atoms with van der Waals surface area (Å²) in [6.07, 6.45) is 1.35. The Hall–Kier alpha value is -1.34. The maximum absolute atomic E-state index is 13.2. The smallest absolute Gasteiger partial charge is 0.232 e. The van der Waals surface area contributed by atoms with E-state index in [0.29, 0.717) is 18.2 Å². The molecule has 120 valence electrons. The summed E-state index contributed by atoms with van der Waals surface area (Å²) in [6, 6.07) is 4.26. The number of nitrogens with one attached hydrogen (secondary N) is 2. The van der Waals surface area contributed by atoms with E-state index in [-0.39, 0.29) is 11.5 Å². The zero-order valence-electron chi connectivity index (χ0n) is 12.6. The lowest BCUT2D eigenvalue weighted by Crippen LogP contribution is -2.24. The van der Waals surface area contributed by atoms with Crippen LogP contribution in [-0.2, 0) is 10.0 Å². The van der Waals surface area contributed by atoms with Crippen molar-refractivity contribution in [1.82, 2.24) is 5.32 Å². The van der Waals surface area contributed by atoms with Gasteiger partial charge in [0.25, 0.3) is 0 Å². The Morgan fingerprint density at radius 2 is 2.00 bits per heavy atom. The van der Waals surface area contributed by atoms with Gasteiger partial charge in [0, 0.05) is 12.1 Å². The van der Waals surface area contributed by atoms with Crippen molar-refractivity contribution in [3.63, 3.8) is 0 Å². The summed E-state index contributed by atoms with van der Waals surface area (Å²) in [5, 5.41) is 3.23. The molecule has 1 aromatic rings. The minimum atomic E-state index is -3.43. The summed E-state index contributed by atoms with van der Waals surface area (Å²) in [6.45, 7) is 4.87. The Labute approximate surface area is 125 Å². The van der Waals surface area contributed by atoms with Crippen LogP contribution < -0.4 is 14.8 Å². The lowest BCUT2D eigenvalue weighted by molar-refractivity contribution is 0.387. The molecular weight excluding hydrogens is 295 g/mol. The molecule has 0 heterocycles. The largest absolute Gasteiger partial charge is 0.494 e. The number of anilines is 1. The lowest BCUT2D eigenvalue weighted by Gasteiger charge is -2.10. The molecule has 0 aliphatic heterocycles. The fraction of sp³-hybridized carbons (Fsp3) is 0.571. The summed E-state index contributed by atoms with van der Waals surface area (Å²) in [7, 11) is -2.10. The lowest BCUT2D eigenvalue weighted by atomic mass is 10.3. The van der Waals surface area contributed by atoms with Gasteiger partial charge in [0.2, 0.25) is 10.0 Å². The molecule has 0 aliphatic rings. The number of halogens is 1. The van der Waals surface area contributed by atoms with Crippen LogP contribution in [0.4, 0.5) is 10.1 Å². The predicted octanol–water partition coefficient (Wildman–Crippen LogP) is 2.35. The quantitative estimate of drug-likeness (QED) is 0.686. The van der Waals surface area contributed by atoms with E-state index in [2.05, 4.69) is 10.0 Å². The molecule has 0 spiro atoms. The summed E-state index contributed by atoms with van der Waals surface area (Å²) in [5.41, 5.74) is 0.300. The second kappa shape index (κ2) is 8.19. The molecule has 0 radical (unpaired) electrons. The third-order valence-corrected chi connectivity index (χ3v) is 4.19. The fourth-order valence-electron chi connectivity index (χ4n) is 1.76. The summed E-state index contributed by atoms with van der Waals surface area (Å²) >= 11 is 0. The van der Waals surface area contributed by atoms with Gasteiger partial charge >= 0.3 is 0 Å². The van der Waals surface area contributed by atoms with Crippen LogP contribution in [0.25, 0.3) is 0 Å². The second-order valence-corrected chi connectivity index (χ2v) is 6.93. The molecule has 21 heavy (non-hydrogen) atoms. The average Bonchev–Trinajstić information content (AvgIpc) is 2.39. The van der Waals surface area contributed by atoms with Gasteiger partial charge in [-0.15, -0.1) is 0 Å².